The van der Waals surface area contributed by atoms with Crippen molar-refractivity contribution in [3.63, 3.8) is 0 Å². The van der Waals surface area contributed by atoms with Crippen LogP contribution < -0.4 is 10.6 Å². The Morgan fingerprint density at radius 2 is 2.07 bits per heavy atom. The third-order valence-corrected chi connectivity index (χ3v) is 6.29. The number of pyridine rings is 1. The molecule has 0 fully saturated rings. The summed E-state index contributed by atoms with van der Waals surface area (Å²) < 4.78 is 6.24. The van der Waals surface area contributed by atoms with Crippen molar-refractivity contribution in [2.24, 2.45) is 0 Å². The lowest BCUT2D eigenvalue weighted by Gasteiger charge is -2.21. The van der Waals surface area contributed by atoms with E-state index in [0.29, 0.717) is 0 Å². The van der Waals surface area contributed by atoms with Crippen molar-refractivity contribution >= 4 is 44.0 Å². The molecule has 0 bridgehead atoms. The standard InChI is InChI=1S/C23H20BrN3O2S/c1-2-17-14-18(23(30-17)27-22(28)19-9-6-12-29-19)21(15-7-5-8-16(24)13-15)26-20-10-3-4-11-25-20/h3-14,21H,2H2,1H3,(H,25,26)(H,27,28)/t21-/m1/s1. The zero-order valence-corrected chi connectivity index (χ0v) is 18.7. The van der Waals surface area contributed by atoms with Gasteiger partial charge in [0.2, 0.25) is 0 Å². The molecule has 1 atom stereocenters. The monoisotopic (exact) mass is 481 g/mol. The average Bonchev–Trinajstić information content (AvgIpc) is 3.43. The van der Waals surface area contributed by atoms with Gasteiger partial charge in [0.1, 0.15) is 10.8 Å². The van der Waals surface area contributed by atoms with E-state index < -0.39 is 0 Å². The van der Waals surface area contributed by atoms with Crippen molar-refractivity contribution in [2.75, 3.05) is 10.6 Å². The molecule has 0 saturated heterocycles. The number of thiophene rings is 1. The molecule has 2 N–H and O–H groups in total. The van der Waals surface area contributed by atoms with Gasteiger partial charge in [-0.2, -0.15) is 0 Å². The van der Waals surface area contributed by atoms with E-state index in [-0.39, 0.29) is 17.7 Å². The summed E-state index contributed by atoms with van der Waals surface area (Å²) in [7, 11) is 0. The van der Waals surface area contributed by atoms with E-state index in [0.717, 1.165) is 32.8 Å². The zero-order chi connectivity index (χ0) is 20.9. The number of halogens is 1. The minimum Gasteiger partial charge on any atom is -0.459 e. The Hall–Kier alpha value is -2.90. The summed E-state index contributed by atoms with van der Waals surface area (Å²) in [6, 6.07) is 19.2. The highest BCUT2D eigenvalue weighted by atomic mass is 79.9. The number of nitrogens with zero attached hydrogens (tertiary/aromatic N) is 1. The maximum absolute atomic E-state index is 12.7. The van der Waals surface area contributed by atoms with Gasteiger partial charge in [-0.3, -0.25) is 4.79 Å². The first-order chi connectivity index (χ1) is 14.6. The van der Waals surface area contributed by atoms with Gasteiger partial charge in [-0.15, -0.1) is 11.3 Å². The molecule has 5 nitrogen and oxygen atoms in total. The molecule has 3 aromatic heterocycles. The predicted octanol–water partition coefficient (Wildman–Crippen LogP) is 6.51. The second-order valence-electron chi connectivity index (χ2n) is 6.63. The van der Waals surface area contributed by atoms with Gasteiger partial charge in [-0.25, -0.2) is 4.98 Å². The SMILES string of the molecule is CCc1cc([C@H](Nc2ccccn2)c2cccc(Br)c2)c(NC(=O)c2ccco2)s1. The Bertz CT molecular complexity index is 1130. The maximum atomic E-state index is 12.7. The summed E-state index contributed by atoms with van der Waals surface area (Å²) in [4.78, 5) is 18.3. The fourth-order valence-electron chi connectivity index (χ4n) is 3.14. The number of hydrogen-bond donors (Lipinski definition) is 2. The highest BCUT2D eigenvalue weighted by molar-refractivity contribution is 9.10. The summed E-state index contributed by atoms with van der Waals surface area (Å²) in [5, 5.41) is 7.35. The quantitative estimate of drug-likeness (QED) is 0.315. The number of carbonyl (C=O) groups excluding carboxylic acids is 1. The van der Waals surface area contributed by atoms with Gasteiger partial charge in [-0.05, 0) is 54.4 Å². The van der Waals surface area contributed by atoms with Crippen LogP contribution in [-0.4, -0.2) is 10.9 Å². The van der Waals surface area contributed by atoms with E-state index in [2.05, 4.69) is 56.7 Å². The number of furan rings is 1. The van der Waals surface area contributed by atoms with Crippen LogP contribution in [0.2, 0.25) is 0 Å². The van der Waals surface area contributed by atoms with E-state index in [4.69, 9.17) is 4.42 Å². The molecule has 0 aliphatic carbocycles. The highest BCUT2D eigenvalue weighted by Crippen LogP contribution is 2.38. The van der Waals surface area contributed by atoms with Crippen LogP contribution in [0.25, 0.3) is 0 Å². The summed E-state index contributed by atoms with van der Waals surface area (Å²) in [5.74, 6) is 0.774. The fraction of sp³-hybridized carbons (Fsp3) is 0.130. The minimum atomic E-state index is -0.267. The van der Waals surface area contributed by atoms with Crippen molar-refractivity contribution < 1.29 is 9.21 Å². The number of rotatable bonds is 7. The summed E-state index contributed by atoms with van der Waals surface area (Å²) >= 11 is 5.15. The van der Waals surface area contributed by atoms with Crippen molar-refractivity contribution in [3.8, 4) is 0 Å². The zero-order valence-electron chi connectivity index (χ0n) is 16.3. The largest absolute Gasteiger partial charge is 0.459 e. The number of aryl methyl sites for hydroxylation is 1. The summed E-state index contributed by atoms with van der Waals surface area (Å²) in [5.41, 5.74) is 2.05. The molecule has 30 heavy (non-hydrogen) atoms. The average molecular weight is 482 g/mol. The number of aromatic nitrogens is 1. The molecule has 152 valence electrons. The second-order valence-corrected chi connectivity index (χ2v) is 8.68. The highest BCUT2D eigenvalue weighted by Gasteiger charge is 2.23. The lowest BCUT2D eigenvalue weighted by atomic mass is 9.99. The molecule has 3 heterocycles. The fourth-order valence-corrected chi connectivity index (χ4v) is 4.59. The topological polar surface area (TPSA) is 67.2 Å². The normalized spacial score (nSPS) is 11.8. The van der Waals surface area contributed by atoms with Crippen LogP contribution in [0.1, 0.15) is 39.5 Å². The molecule has 0 aliphatic rings. The Morgan fingerprint density at radius 3 is 2.77 bits per heavy atom. The van der Waals surface area contributed by atoms with Crippen LogP contribution in [-0.2, 0) is 6.42 Å². The second kappa shape index (κ2) is 9.28. The third kappa shape index (κ3) is 4.63. The van der Waals surface area contributed by atoms with Gasteiger partial charge in [0.15, 0.2) is 5.76 Å². The van der Waals surface area contributed by atoms with Crippen molar-refractivity contribution in [3.05, 3.63) is 99.4 Å². The van der Waals surface area contributed by atoms with Crippen LogP contribution >= 0.6 is 27.3 Å². The number of anilines is 2. The summed E-state index contributed by atoms with van der Waals surface area (Å²) in [6.45, 7) is 2.11. The van der Waals surface area contributed by atoms with Crippen LogP contribution in [0.5, 0.6) is 0 Å². The number of nitrogens with one attached hydrogen (secondary N) is 2. The van der Waals surface area contributed by atoms with Crippen LogP contribution in [0.4, 0.5) is 10.8 Å². The molecule has 7 heteroatoms. The lowest BCUT2D eigenvalue weighted by Crippen LogP contribution is -2.16. The molecular weight excluding hydrogens is 462 g/mol. The molecule has 0 unspecified atom stereocenters. The molecule has 0 saturated carbocycles. The first-order valence-corrected chi connectivity index (χ1v) is 11.2. The first kappa shape index (κ1) is 20.4. The van der Waals surface area contributed by atoms with Gasteiger partial charge >= 0.3 is 0 Å². The molecule has 0 spiro atoms. The van der Waals surface area contributed by atoms with Gasteiger partial charge in [0.05, 0.1) is 12.3 Å². The van der Waals surface area contributed by atoms with Crippen molar-refractivity contribution in [1.29, 1.82) is 0 Å². The smallest absolute Gasteiger partial charge is 0.291 e. The van der Waals surface area contributed by atoms with Gasteiger partial charge < -0.3 is 15.1 Å². The van der Waals surface area contributed by atoms with E-state index in [1.165, 1.54) is 11.1 Å². The molecule has 1 amide bonds. The Kier molecular flexibility index (Phi) is 6.30. The number of carbonyl (C=O) groups is 1. The van der Waals surface area contributed by atoms with E-state index in [1.54, 1.807) is 29.7 Å². The molecule has 0 aliphatic heterocycles. The van der Waals surface area contributed by atoms with E-state index in [9.17, 15) is 4.79 Å². The molecular formula is C23H20BrN3O2S. The van der Waals surface area contributed by atoms with Gasteiger partial charge in [0.25, 0.3) is 5.91 Å². The number of amides is 1. The maximum Gasteiger partial charge on any atom is 0.291 e. The van der Waals surface area contributed by atoms with Crippen LogP contribution in [0.3, 0.4) is 0 Å². The Labute approximate surface area is 187 Å². The number of hydrogen-bond acceptors (Lipinski definition) is 5. The summed E-state index contributed by atoms with van der Waals surface area (Å²) in [6.07, 6.45) is 4.13. The lowest BCUT2D eigenvalue weighted by molar-refractivity contribution is 0.0997. The first-order valence-electron chi connectivity index (χ1n) is 9.54. The molecule has 4 aromatic rings. The molecule has 0 radical (unpaired) electrons. The van der Waals surface area contributed by atoms with Crippen molar-refractivity contribution in [2.45, 2.75) is 19.4 Å². The minimum absolute atomic E-state index is 0.194. The van der Waals surface area contributed by atoms with Gasteiger partial charge in [-0.1, -0.05) is 41.1 Å². The number of benzene rings is 1. The van der Waals surface area contributed by atoms with E-state index in [1.807, 2.05) is 30.3 Å². The van der Waals surface area contributed by atoms with Gasteiger partial charge in [0, 0.05) is 21.1 Å². The molecule has 1 aromatic carbocycles. The predicted molar refractivity (Wildman–Crippen MR) is 124 cm³/mol. The van der Waals surface area contributed by atoms with Crippen LogP contribution in [0, 0.1) is 0 Å². The van der Waals surface area contributed by atoms with Crippen LogP contribution in [0.15, 0.2) is 82.0 Å². The molecule has 4 rings (SSSR count). The third-order valence-electron chi connectivity index (χ3n) is 4.58. The Morgan fingerprint density at radius 1 is 1.17 bits per heavy atom. The van der Waals surface area contributed by atoms with E-state index >= 15 is 0 Å². The van der Waals surface area contributed by atoms with Crippen molar-refractivity contribution in [1.82, 2.24) is 4.98 Å². The Balaban J connectivity index is 1.75.